The van der Waals surface area contributed by atoms with Crippen LogP contribution in [0.4, 0.5) is 0 Å². The summed E-state index contributed by atoms with van der Waals surface area (Å²) >= 11 is 3.53. The smallest absolute Gasteiger partial charge is 0.0705 e. The van der Waals surface area contributed by atoms with Gasteiger partial charge in [-0.15, -0.1) is 0 Å². The van der Waals surface area contributed by atoms with Crippen LogP contribution in [-0.4, -0.2) is 4.98 Å². The van der Waals surface area contributed by atoms with E-state index in [-0.39, 0.29) is 6.04 Å². The predicted octanol–water partition coefficient (Wildman–Crippen LogP) is 4.55. The average molecular weight is 341 g/mol. The zero-order valence-electron chi connectivity index (χ0n) is 11.9. The van der Waals surface area contributed by atoms with Gasteiger partial charge in [0.1, 0.15) is 0 Å². The van der Waals surface area contributed by atoms with Crippen molar-refractivity contribution in [1.29, 1.82) is 0 Å². The number of aryl methyl sites for hydroxylation is 1. The molecule has 0 bridgehead atoms. The lowest BCUT2D eigenvalue weighted by atomic mass is 10.0. The minimum absolute atomic E-state index is 0.0464. The van der Waals surface area contributed by atoms with E-state index < -0.39 is 0 Å². The molecular weight excluding hydrogens is 324 g/mol. The molecule has 1 unspecified atom stereocenters. The van der Waals surface area contributed by atoms with Crippen molar-refractivity contribution in [1.82, 2.24) is 4.98 Å². The molecule has 3 heteroatoms. The number of fused-ring (bicyclic) bond motifs is 1. The SMILES string of the molecule is Cc1cc(Br)cc(C(N)Cc2ccc3ccccc3n2)c1. The summed E-state index contributed by atoms with van der Waals surface area (Å²) < 4.78 is 1.07. The lowest BCUT2D eigenvalue weighted by molar-refractivity contribution is 0.708. The fourth-order valence-electron chi connectivity index (χ4n) is 2.54. The van der Waals surface area contributed by atoms with Gasteiger partial charge in [-0.3, -0.25) is 4.98 Å². The largest absolute Gasteiger partial charge is 0.324 e. The maximum atomic E-state index is 6.35. The highest BCUT2D eigenvalue weighted by molar-refractivity contribution is 9.10. The first-order chi connectivity index (χ1) is 10.1. The second-order valence-electron chi connectivity index (χ2n) is 5.37. The molecule has 0 spiro atoms. The molecule has 0 saturated carbocycles. The minimum atomic E-state index is -0.0464. The number of rotatable bonds is 3. The summed E-state index contributed by atoms with van der Waals surface area (Å²) in [6.45, 7) is 2.08. The van der Waals surface area contributed by atoms with Crippen molar-refractivity contribution in [3.8, 4) is 0 Å². The molecule has 1 atom stereocenters. The second kappa shape index (κ2) is 5.96. The van der Waals surface area contributed by atoms with Crippen molar-refractivity contribution in [3.05, 3.63) is 75.9 Å². The first-order valence-corrected chi connectivity index (χ1v) is 7.78. The average Bonchev–Trinajstić information content (AvgIpc) is 2.46. The summed E-state index contributed by atoms with van der Waals surface area (Å²) in [7, 11) is 0. The van der Waals surface area contributed by atoms with E-state index in [1.165, 1.54) is 5.56 Å². The molecular formula is C18H17BrN2. The molecule has 0 amide bonds. The van der Waals surface area contributed by atoms with E-state index >= 15 is 0 Å². The van der Waals surface area contributed by atoms with Crippen molar-refractivity contribution in [2.75, 3.05) is 0 Å². The zero-order valence-corrected chi connectivity index (χ0v) is 13.5. The van der Waals surface area contributed by atoms with Crippen LogP contribution in [-0.2, 0) is 6.42 Å². The van der Waals surface area contributed by atoms with Crippen LogP contribution >= 0.6 is 15.9 Å². The predicted molar refractivity (Wildman–Crippen MR) is 91.3 cm³/mol. The summed E-state index contributed by atoms with van der Waals surface area (Å²) in [5.74, 6) is 0. The van der Waals surface area contributed by atoms with Gasteiger partial charge in [-0.05, 0) is 42.3 Å². The third kappa shape index (κ3) is 3.31. The van der Waals surface area contributed by atoms with Gasteiger partial charge in [-0.25, -0.2) is 0 Å². The number of pyridine rings is 1. The molecule has 0 fully saturated rings. The monoisotopic (exact) mass is 340 g/mol. The first-order valence-electron chi connectivity index (χ1n) is 6.99. The van der Waals surface area contributed by atoms with Gasteiger partial charge in [-0.2, -0.15) is 0 Å². The van der Waals surface area contributed by atoms with Crippen molar-refractivity contribution in [3.63, 3.8) is 0 Å². The van der Waals surface area contributed by atoms with E-state index in [2.05, 4.69) is 59.3 Å². The molecule has 0 aliphatic rings. The maximum absolute atomic E-state index is 6.35. The van der Waals surface area contributed by atoms with Gasteiger partial charge in [-0.1, -0.05) is 46.3 Å². The summed E-state index contributed by atoms with van der Waals surface area (Å²) in [6, 6.07) is 18.6. The Morgan fingerprint density at radius 1 is 1.10 bits per heavy atom. The third-order valence-electron chi connectivity index (χ3n) is 3.58. The van der Waals surface area contributed by atoms with Crippen LogP contribution in [0.3, 0.4) is 0 Å². The van der Waals surface area contributed by atoms with Gasteiger partial charge < -0.3 is 5.73 Å². The Bertz CT molecular complexity index is 763. The lowest BCUT2D eigenvalue weighted by Gasteiger charge is -2.13. The molecule has 3 rings (SSSR count). The highest BCUT2D eigenvalue weighted by atomic mass is 79.9. The van der Waals surface area contributed by atoms with Crippen LogP contribution in [0.2, 0.25) is 0 Å². The Labute approximate surface area is 133 Å². The number of nitrogens with zero attached hydrogens (tertiary/aromatic N) is 1. The second-order valence-corrected chi connectivity index (χ2v) is 6.28. The Hall–Kier alpha value is -1.71. The van der Waals surface area contributed by atoms with Crippen LogP contribution in [0.25, 0.3) is 10.9 Å². The van der Waals surface area contributed by atoms with Gasteiger partial charge in [0.2, 0.25) is 0 Å². The summed E-state index contributed by atoms with van der Waals surface area (Å²) in [5.41, 5.74) is 10.7. The summed E-state index contributed by atoms with van der Waals surface area (Å²) in [5, 5.41) is 1.16. The molecule has 21 heavy (non-hydrogen) atoms. The van der Waals surface area contributed by atoms with Crippen molar-refractivity contribution in [2.45, 2.75) is 19.4 Å². The highest BCUT2D eigenvalue weighted by Crippen LogP contribution is 2.22. The van der Waals surface area contributed by atoms with E-state index in [0.717, 1.165) is 33.1 Å². The first kappa shape index (κ1) is 14.2. The normalized spacial score (nSPS) is 12.5. The number of halogens is 1. The molecule has 0 aliphatic heterocycles. The Kier molecular flexibility index (Phi) is 4.04. The number of hydrogen-bond acceptors (Lipinski definition) is 2. The van der Waals surface area contributed by atoms with Crippen LogP contribution in [0.5, 0.6) is 0 Å². The third-order valence-corrected chi connectivity index (χ3v) is 4.04. The maximum Gasteiger partial charge on any atom is 0.0705 e. The number of nitrogens with two attached hydrogens (primary N) is 1. The zero-order chi connectivity index (χ0) is 14.8. The molecule has 3 aromatic rings. The summed E-state index contributed by atoms with van der Waals surface area (Å²) in [6.07, 6.45) is 0.737. The molecule has 0 aliphatic carbocycles. The van der Waals surface area contributed by atoms with E-state index in [9.17, 15) is 0 Å². The van der Waals surface area contributed by atoms with E-state index in [1.54, 1.807) is 0 Å². The van der Waals surface area contributed by atoms with Crippen LogP contribution < -0.4 is 5.73 Å². The highest BCUT2D eigenvalue weighted by Gasteiger charge is 2.10. The lowest BCUT2D eigenvalue weighted by Crippen LogP contribution is -2.14. The number of para-hydroxylation sites is 1. The van der Waals surface area contributed by atoms with Gasteiger partial charge in [0.15, 0.2) is 0 Å². The standard InChI is InChI=1S/C18H17BrN2/c1-12-8-14(10-15(19)9-12)17(20)11-16-7-6-13-4-2-3-5-18(13)21-16/h2-10,17H,11,20H2,1H3. The molecule has 2 nitrogen and oxygen atoms in total. The summed E-state index contributed by atoms with van der Waals surface area (Å²) in [4.78, 5) is 4.69. The van der Waals surface area contributed by atoms with Crippen LogP contribution in [0.15, 0.2) is 59.1 Å². The topological polar surface area (TPSA) is 38.9 Å². The molecule has 0 saturated heterocycles. The van der Waals surface area contributed by atoms with Gasteiger partial charge in [0, 0.05) is 28.0 Å². The van der Waals surface area contributed by atoms with E-state index in [1.807, 2.05) is 18.2 Å². The molecule has 2 aromatic carbocycles. The fraction of sp³-hybridized carbons (Fsp3) is 0.167. The molecule has 2 N–H and O–H groups in total. The quantitative estimate of drug-likeness (QED) is 0.759. The molecule has 106 valence electrons. The van der Waals surface area contributed by atoms with E-state index in [0.29, 0.717) is 0 Å². The Balaban J connectivity index is 1.86. The van der Waals surface area contributed by atoms with Crippen molar-refractivity contribution in [2.24, 2.45) is 5.73 Å². The van der Waals surface area contributed by atoms with Crippen LogP contribution in [0, 0.1) is 6.92 Å². The van der Waals surface area contributed by atoms with Crippen molar-refractivity contribution < 1.29 is 0 Å². The number of benzene rings is 2. The molecule has 1 heterocycles. The number of aromatic nitrogens is 1. The fourth-order valence-corrected chi connectivity index (χ4v) is 3.17. The van der Waals surface area contributed by atoms with E-state index in [4.69, 9.17) is 10.7 Å². The van der Waals surface area contributed by atoms with Gasteiger partial charge >= 0.3 is 0 Å². The van der Waals surface area contributed by atoms with Gasteiger partial charge in [0.05, 0.1) is 5.52 Å². The Morgan fingerprint density at radius 3 is 2.71 bits per heavy atom. The molecule has 0 radical (unpaired) electrons. The molecule has 1 aromatic heterocycles. The Morgan fingerprint density at radius 2 is 1.90 bits per heavy atom. The van der Waals surface area contributed by atoms with Gasteiger partial charge in [0.25, 0.3) is 0 Å². The van der Waals surface area contributed by atoms with Crippen molar-refractivity contribution >= 4 is 26.8 Å². The number of hydrogen-bond donors (Lipinski definition) is 1. The van der Waals surface area contributed by atoms with Crippen LogP contribution in [0.1, 0.15) is 22.9 Å². The minimum Gasteiger partial charge on any atom is -0.324 e.